The highest BCUT2D eigenvalue weighted by molar-refractivity contribution is 6.30. The van der Waals surface area contributed by atoms with Crippen LogP contribution in [-0.2, 0) is 6.54 Å². The molecule has 2 N–H and O–H groups in total. The molecular weight excluding hydrogens is 262 g/mol. The van der Waals surface area contributed by atoms with Gasteiger partial charge in [0.2, 0.25) is 0 Å². The summed E-state index contributed by atoms with van der Waals surface area (Å²) < 4.78 is 0. The predicted octanol–water partition coefficient (Wildman–Crippen LogP) is 2.87. The number of carbonyl (C=O) groups excluding carboxylic acids is 1. The second-order valence-electron chi connectivity index (χ2n) is 4.79. The van der Waals surface area contributed by atoms with Crippen LogP contribution in [0.3, 0.4) is 0 Å². The maximum atomic E-state index is 11.9. The molecule has 19 heavy (non-hydrogen) atoms. The highest BCUT2D eigenvalue weighted by atomic mass is 35.5. The van der Waals surface area contributed by atoms with E-state index in [0.29, 0.717) is 23.2 Å². The molecule has 1 saturated carbocycles. The van der Waals surface area contributed by atoms with Crippen molar-refractivity contribution in [2.24, 2.45) is 0 Å². The molecule has 0 aliphatic heterocycles. The van der Waals surface area contributed by atoms with E-state index in [1.54, 1.807) is 0 Å². The van der Waals surface area contributed by atoms with Gasteiger partial charge in [0.15, 0.2) is 0 Å². The molecule has 0 saturated heterocycles. The standard InChI is InChI=1S/C14H14ClN3O/c15-11-5-1-9(2-6-11)8-16-14(19)13-7-12(17-18-13)10-3-4-10/h1-2,5-7,10H,3-4,8H2,(H,16,19)(H,17,18). The third-order valence-corrected chi connectivity index (χ3v) is 3.47. The first-order valence-electron chi connectivity index (χ1n) is 6.30. The van der Waals surface area contributed by atoms with Gasteiger partial charge in [-0.2, -0.15) is 5.10 Å². The van der Waals surface area contributed by atoms with Crippen LogP contribution in [-0.4, -0.2) is 16.1 Å². The van der Waals surface area contributed by atoms with Gasteiger partial charge in [0.1, 0.15) is 5.69 Å². The van der Waals surface area contributed by atoms with Crippen molar-refractivity contribution in [2.45, 2.75) is 25.3 Å². The molecule has 98 valence electrons. The minimum absolute atomic E-state index is 0.155. The van der Waals surface area contributed by atoms with Crippen molar-refractivity contribution in [1.82, 2.24) is 15.5 Å². The van der Waals surface area contributed by atoms with Gasteiger partial charge in [-0.05, 0) is 36.6 Å². The number of hydrogen-bond acceptors (Lipinski definition) is 2. The van der Waals surface area contributed by atoms with E-state index in [2.05, 4.69) is 15.5 Å². The summed E-state index contributed by atoms with van der Waals surface area (Å²) in [5.74, 6) is 0.420. The monoisotopic (exact) mass is 275 g/mol. The van der Waals surface area contributed by atoms with E-state index < -0.39 is 0 Å². The Morgan fingerprint density at radius 1 is 1.37 bits per heavy atom. The summed E-state index contributed by atoms with van der Waals surface area (Å²) in [5.41, 5.74) is 2.53. The van der Waals surface area contributed by atoms with Crippen molar-refractivity contribution < 1.29 is 4.79 Å². The number of hydrogen-bond donors (Lipinski definition) is 2. The number of aromatic nitrogens is 2. The third kappa shape index (κ3) is 2.96. The first kappa shape index (κ1) is 12.2. The van der Waals surface area contributed by atoms with E-state index in [-0.39, 0.29) is 5.91 Å². The summed E-state index contributed by atoms with van der Waals surface area (Å²) >= 11 is 5.81. The van der Waals surface area contributed by atoms with Crippen LogP contribution in [0.15, 0.2) is 30.3 Å². The molecule has 0 bridgehead atoms. The van der Waals surface area contributed by atoms with Gasteiger partial charge in [-0.3, -0.25) is 9.89 Å². The van der Waals surface area contributed by atoms with E-state index in [1.165, 1.54) is 12.8 Å². The Bertz CT molecular complexity index is 587. The Labute approximate surface area is 116 Å². The molecule has 1 heterocycles. The van der Waals surface area contributed by atoms with Crippen LogP contribution in [0.25, 0.3) is 0 Å². The zero-order valence-corrected chi connectivity index (χ0v) is 11.1. The van der Waals surface area contributed by atoms with Crippen molar-refractivity contribution in [2.75, 3.05) is 0 Å². The lowest BCUT2D eigenvalue weighted by atomic mass is 10.2. The fraction of sp³-hybridized carbons (Fsp3) is 0.286. The van der Waals surface area contributed by atoms with E-state index >= 15 is 0 Å². The molecule has 1 aromatic heterocycles. The van der Waals surface area contributed by atoms with Gasteiger partial charge in [0.25, 0.3) is 5.91 Å². The van der Waals surface area contributed by atoms with E-state index in [9.17, 15) is 4.79 Å². The normalized spacial score (nSPS) is 14.4. The minimum Gasteiger partial charge on any atom is -0.347 e. The Morgan fingerprint density at radius 2 is 2.11 bits per heavy atom. The number of benzene rings is 1. The fourth-order valence-corrected chi connectivity index (χ4v) is 2.06. The largest absolute Gasteiger partial charge is 0.347 e. The number of aromatic amines is 1. The van der Waals surface area contributed by atoms with Gasteiger partial charge in [-0.15, -0.1) is 0 Å². The van der Waals surface area contributed by atoms with Crippen LogP contribution >= 0.6 is 11.6 Å². The van der Waals surface area contributed by atoms with Crippen molar-refractivity contribution in [3.8, 4) is 0 Å². The number of amides is 1. The van der Waals surface area contributed by atoms with Gasteiger partial charge >= 0.3 is 0 Å². The number of H-pyrrole nitrogens is 1. The summed E-state index contributed by atoms with van der Waals surface area (Å²) in [4.78, 5) is 11.9. The van der Waals surface area contributed by atoms with Crippen molar-refractivity contribution >= 4 is 17.5 Å². The zero-order valence-electron chi connectivity index (χ0n) is 10.3. The predicted molar refractivity (Wildman–Crippen MR) is 73.2 cm³/mol. The zero-order chi connectivity index (χ0) is 13.2. The van der Waals surface area contributed by atoms with E-state index in [1.807, 2.05) is 30.3 Å². The third-order valence-electron chi connectivity index (χ3n) is 3.21. The van der Waals surface area contributed by atoms with Crippen LogP contribution in [0, 0.1) is 0 Å². The maximum Gasteiger partial charge on any atom is 0.272 e. The van der Waals surface area contributed by atoms with Crippen molar-refractivity contribution in [3.05, 3.63) is 52.3 Å². The summed E-state index contributed by atoms with van der Waals surface area (Å²) in [7, 11) is 0. The number of rotatable bonds is 4. The summed E-state index contributed by atoms with van der Waals surface area (Å²) in [6.45, 7) is 0.474. The van der Waals surface area contributed by atoms with Crippen LogP contribution in [0.1, 0.15) is 40.5 Å². The molecule has 1 amide bonds. The lowest BCUT2D eigenvalue weighted by Gasteiger charge is -2.03. The number of halogens is 1. The van der Waals surface area contributed by atoms with Gasteiger partial charge in [0, 0.05) is 23.2 Å². The minimum atomic E-state index is -0.155. The van der Waals surface area contributed by atoms with Crippen LogP contribution < -0.4 is 5.32 Å². The summed E-state index contributed by atoms with van der Waals surface area (Å²) in [6, 6.07) is 9.24. The lowest BCUT2D eigenvalue weighted by molar-refractivity contribution is 0.0946. The smallest absolute Gasteiger partial charge is 0.272 e. The quantitative estimate of drug-likeness (QED) is 0.901. The summed E-state index contributed by atoms with van der Waals surface area (Å²) in [6.07, 6.45) is 2.38. The Balaban J connectivity index is 1.59. The molecule has 0 radical (unpaired) electrons. The highest BCUT2D eigenvalue weighted by Gasteiger charge is 2.26. The van der Waals surface area contributed by atoms with Crippen molar-refractivity contribution in [1.29, 1.82) is 0 Å². The molecule has 0 unspecified atom stereocenters. The number of nitrogens with zero attached hydrogens (tertiary/aromatic N) is 1. The van der Waals surface area contributed by atoms with Crippen molar-refractivity contribution in [3.63, 3.8) is 0 Å². The molecular formula is C14H14ClN3O. The molecule has 1 aliphatic rings. The molecule has 1 aromatic carbocycles. The molecule has 0 spiro atoms. The second kappa shape index (κ2) is 5.05. The highest BCUT2D eigenvalue weighted by Crippen LogP contribution is 2.38. The first-order chi connectivity index (χ1) is 9.22. The first-order valence-corrected chi connectivity index (χ1v) is 6.68. The Kier molecular flexibility index (Phi) is 3.25. The van der Waals surface area contributed by atoms with Crippen LogP contribution in [0.4, 0.5) is 0 Å². The molecule has 3 rings (SSSR count). The molecule has 1 fully saturated rings. The summed E-state index contributed by atoms with van der Waals surface area (Å²) in [5, 5.41) is 10.5. The van der Waals surface area contributed by atoms with Gasteiger partial charge in [0.05, 0.1) is 0 Å². The average molecular weight is 276 g/mol. The van der Waals surface area contributed by atoms with Gasteiger partial charge in [-0.25, -0.2) is 0 Å². The topological polar surface area (TPSA) is 57.8 Å². The average Bonchev–Trinajstić information content (AvgIpc) is 3.15. The molecule has 2 aromatic rings. The van der Waals surface area contributed by atoms with Gasteiger partial charge < -0.3 is 5.32 Å². The van der Waals surface area contributed by atoms with Gasteiger partial charge in [-0.1, -0.05) is 23.7 Å². The number of nitrogens with one attached hydrogen (secondary N) is 2. The SMILES string of the molecule is O=C(NCc1ccc(Cl)cc1)c1cc(C2CC2)[nH]n1. The van der Waals surface area contributed by atoms with E-state index in [4.69, 9.17) is 11.6 Å². The van der Waals surface area contributed by atoms with E-state index in [0.717, 1.165) is 11.3 Å². The second-order valence-corrected chi connectivity index (χ2v) is 5.23. The van der Waals surface area contributed by atoms with Crippen LogP contribution in [0.2, 0.25) is 5.02 Å². The molecule has 4 nitrogen and oxygen atoms in total. The van der Waals surface area contributed by atoms with Crippen LogP contribution in [0.5, 0.6) is 0 Å². The Hall–Kier alpha value is -1.81. The molecule has 1 aliphatic carbocycles. The molecule has 5 heteroatoms. The maximum absolute atomic E-state index is 11.9. The fourth-order valence-electron chi connectivity index (χ4n) is 1.93. The Morgan fingerprint density at radius 3 is 2.79 bits per heavy atom. The lowest BCUT2D eigenvalue weighted by Crippen LogP contribution is -2.23. The number of carbonyl (C=O) groups is 1. The molecule has 0 atom stereocenters.